The van der Waals surface area contributed by atoms with Crippen LogP contribution in [0.1, 0.15) is 25.3 Å². The summed E-state index contributed by atoms with van der Waals surface area (Å²) in [6, 6.07) is 18.7. The van der Waals surface area contributed by atoms with Crippen molar-refractivity contribution >= 4 is 10.8 Å². The van der Waals surface area contributed by atoms with E-state index in [-0.39, 0.29) is 11.1 Å². The van der Waals surface area contributed by atoms with Crippen molar-refractivity contribution in [3.05, 3.63) is 90.0 Å². The molecule has 0 spiro atoms. The first kappa shape index (κ1) is 22.8. The van der Waals surface area contributed by atoms with E-state index in [1.165, 1.54) is 29.8 Å². The lowest BCUT2D eigenvalue weighted by molar-refractivity contribution is -0.274. The number of ether oxygens (including phenoxy) is 1. The molecule has 0 saturated heterocycles. The van der Waals surface area contributed by atoms with E-state index in [9.17, 15) is 22.0 Å². The molecule has 4 aromatic rings. The fraction of sp³-hybridized carbons (Fsp3) is 0.185. The summed E-state index contributed by atoms with van der Waals surface area (Å²) in [6.07, 6.45) is -1.59. The first-order valence-electron chi connectivity index (χ1n) is 10.6. The first-order chi connectivity index (χ1) is 15.7. The minimum Gasteiger partial charge on any atom is -0.406 e. The summed E-state index contributed by atoms with van der Waals surface area (Å²) in [7, 11) is 0. The van der Waals surface area contributed by atoms with Gasteiger partial charge in [0.1, 0.15) is 17.4 Å². The summed E-state index contributed by atoms with van der Waals surface area (Å²) in [4.78, 5) is 0. The summed E-state index contributed by atoms with van der Waals surface area (Å²) in [6.45, 7) is 2.15. The molecule has 170 valence electrons. The van der Waals surface area contributed by atoms with Gasteiger partial charge in [0.05, 0.1) is 5.56 Å². The van der Waals surface area contributed by atoms with Gasteiger partial charge in [-0.3, -0.25) is 0 Å². The van der Waals surface area contributed by atoms with Crippen LogP contribution in [0.15, 0.2) is 72.8 Å². The van der Waals surface area contributed by atoms with Crippen LogP contribution in [0.25, 0.3) is 33.0 Å². The molecule has 4 aromatic carbocycles. The lowest BCUT2D eigenvalue weighted by atomic mass is 9.96. The number of rotatable bonds is 6. The molecule has 0 aliphatic rings. The molecule has 0 radical (unpaired) electrons. The largest absolute Gasteiger partial charge is 0.573 e. The van der Waals surface area contributed by atoms with Gasteiger partial charge in [0.2, 0.25) is 0 Å². The molecule has 0 atom stereocenters. The summed E-state index contributed by atoms with van der Waals surface area (Å²) in [5, 5.41) is 2.03. The molecule has 0 aliphatic carbocycles. The van der Waals surface area contributed by atoms with Gasteiger partial charge in [-0.25, -0.2) is 8.78 Å². The highest BCUT2D eigenvalue weighted by Gasteiger charge is 2.31. The van der Waals surface area contributed by atoms with Crippen LogP contribution in [0.5, 0.6) is 5.75 Å². The topological polar surface area (TPSA) is 9.23 Å². The van der Waals surface area contributed by atoms with Crippen LogP contribution in [-0.2, 0) is 6.42 Å². The second kappa shape index (κ2) is 9.22. The van der Waals surface area contributed by atoms with Gasteiger partial charge in [-0.15, -0.1) is 13.2 Å². The molecule has 0 heterocycles. The Labute approximate surface area is 188 Å². The van der Waals surface area contributed by atoms with E-state index in [4.69, 9.17) is 0 Å². The second-order valence-corrected chi connectivity index (χ2v) is 7.89. The fourth-order valence-corrected chi connectivity index (χ4v) is 3.85. The quantitative estimate of drug-likeness (QED) is 0.264. The minimum atomic E-state index is -4.84. The third-order valence-electron chi connectivity index (χ3n) is 5.48. The molecule has 0 bridgehead atoms. The van der Waals surface area contributed by atoms with Crippen molar-refractivity contribution in [1.82, 2.24) is 0 Å². The third kappa shape index (κ3) is 5.33. The Morgan fingerprint density at radius 1 is 0.697 bits per heavy atom. The number of hydrogen-bond acceptors (Lipinski definition) is 1. The number of aryl methyl sites for hydroxylation is 1. The van der Waals surface area contributed by atoms with Crippen LogP contribution in [0.3, 0.4) is 0 Å². The van der Waals surface area contributed by atoms with Crippen LogP contribution in [0.2, 0.25) is 0 Å². The monoisotopic (exact) mass is 456 g/mol. The van der Waals surface area contributed by atoms with Crippen LogP contribution in [-0.4, -0.2) is 6.36 Å². The van der Waals surface area contributed by atoms with E-state index < -0.39 is 23.7 Å². The van der Waals surface area contributed by atoms with Gasteiger partial charge in [-0.1, -0.05) is 55.8 Å². The average molecular weight is 456 g/mol. The van der Waals surface area contributed by atoms with E-state index in [1.807, 2.05) is 24.3 Å². The summed E-state index contributed by atoms with van der Waals surface area (Å²) < 4.78 is 70.5. The van der Waals surface area contributed by atoms with Crippen LogP contribution in [0, 0.1) is 11.6 Å². The van der Waals surface area contributed by atoms with Crippen LogP contribution < -0.4 is 4.74 Å². The summed E-state index contributed by atoms with van der Waals surface area (Å²) in [5.74, 6) is -2.06. The Hall–Kier alpha value is -3.41. The van der Waals surface area contributed by atoms with Gasteiger partial charge in [0, 0.05) is 0 Å². The van der Waals surface area contributed by atoms with Crippen LogP contribution >= 0.6 is 0 Å². The third-order valence-corrected chi connectivity index (χ3v) is 5.48. The van der Waals surface area contributed by atoms with Crippen LogP contribution in [0.4, 0.5) is 22.0 Å². The maximum atomic E-state index is 14.9. The molecule has 0 aromatic heterocycles. The standard InChI is InChI=1S/C27H21F5O/c1-2-3-4-17-5-6-20-14-21(8-7-19(20)13-17)22-15-24(28)26(25(29)16-22)18-9-11-23(12-10-18)33-27(30,31)32/h5-16H,2-4H2,1H3. The molecular formula is C27H21F5O. The lowest BCUT2D eigenvalue weighted by Gasteiger charge is -2.12. The number of halogens is 5. The van der Waals surface area contributed by atoms with E-state index >= 15 is 0 Å². The SMILES string of the molecule is CCCCc1ccc2cc(-c3cc(F)c(-c4ccc(OC(F)(F)F)cc4)c(F)c3)ccc2c1. The Morgan fingerprint density at radius 2 is 1.30 bits per heavy atom. The molecule has 0 amide bonds. The van der Waals surface area contributed by atoms with Gasteiger partial charge in [-0.2, -0.15) is 0 Å². The van der Waals surface area contributed by atoms with Crippen molar-refractivity contribution in [2.24, 2.45) is 0 Å². The van der Waals surface area contributed by atoms with Crippen molar-refractivity contribution in [3.8, 4) is 28.0 Å². The zero-order valence-electron chi connectivity index (χ0n) is 17.8. The Balaban J connectivity index is 1.63. The normalized spacial score (nSPS) is 11.7. The predicted octanol–water partition coefficient (Wildman–Crippen LogP) is 8.69. The molecule has 0 unspecified atom stereocenters. The van der Waals surface area contributed by atoms with E-state index in [2.05, 4.69) is 23.8 Å². The average Bonchev–Trinajstić information content (AvgIpc) is 2.77. The zero-order valence-corrected chi connectivity index (χ0v) is 17.8. The molecule has 0 aliphatic heterocycles. The summed E-state index contributed by atoms with van der Waals surface area (Å²) >= 11 is 0. The highest BCUT2D eigenvalue weighted by molar-refractivity contribution is 5.88. The van der Waals surface area contributed by atoms with E-state index in [1.54, 1.807) is 0 Å². The Bertz CT molecular complexity index is 1250. The van der Waals surface area contributed by atoms with Crippen molar-refractivity contribution < 1.29 is 26.7 Å². The Morgan fingerprint density at radius 3 is 1.94 bits per heavy atom. The molecule has 0 saturated carbocycles. The second-order valence-electron chi connectivity index (χ2n) is 7.89. The lowest BCUT2D eigenvalue weighted by Crippen LogP contribution is -2.16. The van der Waals surface area contributed by atoms with E-state index in [0.29, 0.717) is 11.1 Å². The fourth-order valence-electron chi connectivity index (χ4n) is 3.85. The molecular weight excluding hydrogens is 435 g/mol. The maximum Gasteiger partial charge on any atom is 0.573 e. The molecule has 0 N–H and O–H groups in total. The number of fused-ring (bicyclic) bond motifs is 1. The molecule has 0 fully saturated rings. The van der Waals surface area contributed by atoms with E-state index in [0.717, 1.165) is 42.2 Å². The van der Waals surface area contributed by atoms with Crippen molar-refractivity contribution in [3.63, 3.8) is 0 Å². The number of hydrogen-bond donors (Lipinski definition) is 0. The smallest absolute Gasteiger partial charge is 0.406 e. The molecule has 33 heavy (non-hydrogen) atoms. The van der Waals surface area contributed by atoms with Crippen molar-refractivity contribution in [2.75, 3.05) is 0 Å². The van der Waals surface area contributed by atoms with Gasteiger partial charge in [0.15, 0.2) is 0 Å². The highest BCUT2D eigenvalue weighted by Crippen LogP contribution is 2.34. The first-order valence-corrected chi connectivity index (χ1v) is 10.6. The van der Waals surface area contributed by atoms with Gasteiger partial charge in [-0.05, 0) is 76.2 Å². The molecule has 1 nitrogen and oxygen atoms in total. The minimum absolute atomic E-state index is 0.115. The summed E-state index contributed by atoms with van der Waals surface area (Å²) in [5.41, 5.74) is 2.11. The number of unbranched alkanes of at least 4 members (excludes halogenated alkanes) is 1. The Kier molecular flexibility index (Phi) is 6.36. The highest BCUT2D eigenvalue weighted by atomic mass is 19.4. The maximum absolute atomic E-state index is 14.9. The zero-order chi connectivity index (χ0) is 23.6. The van der Waals surface area contributed by atoms with Crippen molar-refractivity contribution in [1.29, 1.82) is 0 Å². The van der Waals surface area contributed by atoms with Gasteiger partial charge in [0.25, 0.3) is 0 Å². The molecule has 6 heteroatoms. The molecule has 4 rings (SSSR count). The number of alkyl halides is 3. The van der Waals surface area contributed by atoms with Gasteiger partial charge < -0.3 is 4.74 Å². The van der Waals surface area contributed by atoms with Gasteiger partial charge >= 0.3 is 6.36 Å². The van der Waals surface area contributed by atoms with Crippen molar-refractivity contribution in [2.45, 2.75) is 32.5 Å². The number of benzene rings is 4. The predicted molar refractivity (Wildman–Crippen MR) is 120 cm³/mol.